The second-order valence-electron chi connectivity index (χ2n) is 1.97. The molecule has 0 atom stereocenters. The third-order valence-electron chi connectivity index (χ3n) is 0.902. The fraction of sp³-hybridized carbons (Fsp3) is 0.500. The van der Waals surface area contributed by atoms with Crippen molar-refractivity contribution in [1.29, 1.82) is 0 Å². The van der Waals surface area contributed by atoms with Gasteiger partial charge < -0.3 is 16.3 Å². The molecule has 0 amide bonds. The first-order valence-electron chi connectivity index (χ1n) is 2.62. The van der Waals surface area contributed by atoms with Gasteiger partial charge in [-0.2, -0.15) is 5.38 Å². The third kappa shape index (κ3) is 3.06. The number of rotatable bonds is 1. The standard InChI is InChI=1S/C6H8NS.Pr/c1-5(2)6-7-3-4-8-6;/h3,5H,1-2H3;/q-1;. The first kappa shape index (κ1) is 9.99. The fourth-order valence-corrected chi connectivity index (χ4v) is 1.04. The first-order chi connectivity index (χ1) is 3.80. The van der Waals surface area contributed by atoms with E-state index in [2.05, 4.69) is 24.2 Å². The van der Waals surface area contributed by atoms with Gasteiger partial charge in [-0.25, -0.2) is 0 Å². The summed E-state index contributed by atoms with van der Waals surface area (Å²) in [5, 5.41) is 4.11. The molecule has 0 N–H and O–H groups in total. The van der Waals surface area contributed by atoms with Gasteiger partial charge in [-0.05, 0) is 0 Å². The van der Waals surface area contributed by atoms with Gasteiger partial charge in [-0.3, -0.25) is 0 Å². The van der Waals surface area contributed by atoms with Crippen molar-refractivity contribution in [3.63, 3.8) is 0 Å². The predicted molar refractivity (Wildman–Crippen MR) is 35.0 cm³/mol. The van der Waals surface area contributed by atoms with Crippen molar-refractivity contribution in [2.75, 3.05) is 0 Å². The summed E-state index contributed by atoms with van der Waals surface area (Å²) in [4.78, 5) is 4.08. The molecule has 0 aliphatic heterocycles. The minimum Gasteiger partial charge on any atom is -0.364 e. The van der Waals surface area contributed by atoms with Gasteiger partial charge in [0.25, 0.3) is 0 Å². The van der Waals surface area contributed by atoms with E-state index in [1.165, 1.54) is 5.01 Å². The molecular weight excluding hydrogens is 259 g/mol. The molecule has 0 aliphatic rings. The smallest absolute Gasteiger partial charge is 0 e. The molecule has 0 fully saturated rings. The number of thiazole rings is 1. The number of hydrogen-bond acceptors (Lipinski definition) is 2. The van der Waals surface area contributed by atoms with Crippen molar-refractivity contribution in [3.05, 3.63) is 16.6 Å². The zero-order valence-corrected chi connectivity index (χ0v) is 10.1. The minimum atomic E-state index is 0. The van der Waals surface area contributed by atoms with E-state index in [0.29, 0.717) is 5.92 Å². The Bertz CT molecular complexity index is 148. The van der Waals surface area contributed by atoms with E-state index in [4.69, 9.17) is 0 Å². The molecule has 47 valence electrons. The van der Waals surface area contributed by atoms with Crippen LogP contribution in [0, 0.1) is 46.7 Å². The zero-order chi connectivity index (χ0) is 5.98. The molecule has 0 spiro atoms. The quantitative estimate of drug-likeness (QED) is 0.710. The van der Waals surface area contributed by atoms with E-state index in [-0.39, 0.29) is 41.3 Å². The van der Waals surface area contributed by atoms with Crippen LogP contribution in [0.5, 0.6) is 0 Å². The molecule has 0 aliphatic carbocycles. The molecular formula is C6H8NPrS-. The molecule has 0 aromatic carbocycles. The van der Waals surface area contributed by atoms with Crippen LogP contribution in [0.2, 0.25) is 0 Å². The van der Waals surface area contributed by atoms with E-state index in [9.17, 15) is 0 Å². The summed E-state index contributed by atoms with van der Waals surface area (Å²) in [6.45, 7) is 4.26. The summed E-state index contributed by atoms with van der Waals surface area (Å²) < 4.78 is 0. The molecule has 0 bridgehead atoms. The summed E-state index contributed by atoms with van der Waals surface area (Å²) in [5.41, 5.74) is 0. The van der Waals surface area contributed by atoms with Gasteiger partial charge in [-0.15, -0.1) is 0 Å². The Kier molecular flexibility index (Phi) is 5.28. The monoisotopic (exact) mass is 267 g/mol. The number of hydrogen-bond donors (Lipinski definition) is 0. The molecule has 1 radical (unpaired) electrons. The van der Waals surface area contributed by atoms with Crippen molar-refractivity contribution in [1.82, 2.24) is 4.98 Å². The normalized spacial score (nSPS) is 9.22. The Labute approximate surface area is 92.8 Å². The third-order valence-corrected chi connectivity index (χ3v) is 1.91. The molecule has 1 aromatic heterocycles. The van der Waals surface area contributed by atoms with Crippen LogP contribution in [0.15, 0.2) is 6.20 Å². The molecule has 1 aromatic rings. The second-order valence-corrected chi connectivity index (χ2v) is 2.83. The molecule has 9 heavy (non-hydrogen) atoms. The van der Waals surface area contributed by atoms with Crippen LogP contribution >= 0.6 is 11.3 Å². The minimum absolute atomic E-state index is 0. The molecule has 0 saturated carbocycles. The van der Waals surface area contributed by atoms with Gasteiger partial charge in [0.15, 0.2) is 0 Å². The summed E-state index contributed by atoms with van der Waals surface area (Å²) >= 11 is 1.59. The van der Waals surface area contributed by atoms with Crippen molar-refractivity contribution < 1.29 is 41.3 Å². The maximum atomic E-state index is 4.08. The fourth-order valence-electron chi connectivity index (χ4n) is 0.470. The largest absolute Gasteiger partial charge is 0.364 e. The molecule has 0 saturated heterocycles. The molecule has 3 heteroatoms. The van der Waals surface area contributed by atoms with Crippen LogP contribution in [0.4, 0.5) is 0 Å². The van der Waals surface area contributed by atoms with Crippen molar-refractivity contribution in [2.24, 2.45) is 0 Å². The van der Waals surface area contributed by atoms with Gasteiger partial charge in [0, 0.05) is 41.3 Å². The molecule has 1 nitrogen and oxygen atoms in total. The van der Waals surface area contributed by atoms with Gasteiger partial charge in [0.1, 0.15) is 0 Å². The van der Waals surface area contributed by atoms with Crippen molar-refractivity contribution in [3.8, 4) is 0 Å². The summed E-state index contributed by atoms with van der Waals surface area (Å²) in [7, 11) is 0. The Balaban J connectivity index is 0.000000640. The average molecular weight is 267 g/mol. The molecule has 0 unspecified atom stereocenters. The van der Waals surface area contributed by atoms with Crippen LogP contribution in [0.1, 0.15) is 24.8 Å². The van der Waals surface area contributed by atoms with E-state index < -0.39 is 0 Å². The average Bonchev–Trinajstić information content (AvgIpc) is 2.12. The van der Waals surface area contributed by atoms with Crippen LogP contribution < -0.4 is 0 Å². The summed E-state index contributed by atoms with van der Waals surface area (Å²) in [5.74, 6) is 0.561. The Morgan fingerprint density at radius 3 is 2.56 bits per heavy atom. The zero-order valence-electron chi connectivity index (χ0n) is 5.59. The maximum absolute atomic E-state index is 4.08. The van der Waals surface area contributed by atoms with E-state index in [0.717, 1.165) is 0 Å². The Morgan fingerprint density at radius 2 is 2.33 bits per heavy atom. The van der Waals surface area contributed by atoms with Gasteiger partial charge in [0.2, 0.25) is 0 Å². The second kappa shape index (κ2) is 4.75. The summed E-state index contributed by atoms with van der Waals surface area (Å²) in [6.07, 6.45) is 1.72. The van der Waals surface area contributed by atoms with E-state index in [1.807, 2.05) is 0 Å². The maximum Gasteiger partial charge on any atom is 0 e. The first-order valence-corrected chi connectivity index (χ1v) is 3.44. The van der Waals surface area contributed by atoms with Crippen molar-refractivity contribution >= 4 is 11.3 Å². The number of nitrogens with zero attached hydrogens (tertiary/aromatic N) is 1. The van der Waals surface area contributed by atoms with Crippen LogP contribution in [0.25, 0.3) is 0 Å². The molecule has 1 heterocycles. The Morgan fingerprint density at radius 1 is 1.67 bits per heavy atom. The van der Waals surface area contributed by atoms with Gasteiger partial charge >= 0.3 is 0 Å². The van der Waals surface area contributed by atoms with Crippen molar-refractivity contribution in [2.45, 2.75) is 19.8 Å². The van der Waals surface area contributed by atoms with Gasteiger partial charge in [-0.1, -0.05) is 31.0 Å². The van der Waals surface area contributed by atoms with E-state index in [1.54, 1.807) is 17.5 Å². The van der Waals surface area contributed by atoms with Crippen LogP contribution in [0.3, 0.4) is 0 Å². The summed E-state index contributed by atoms with van der Waals surface area (Å²) in [6, 6.07) is 0. The van der Waals surface area contributed by atoms with Crippen LogP contribution in [-0.2, 0) is 0 Å². The molecule has 1 rings (SSSR count). The Hall–Kier alpha value is 0.994. The number of aromatic nitrogens is 1. The van der Waals surface area contributed by atoms with Crippen LogP contribution in [-0.4, -0.2) is 4.98 Å². The van der Waals surface area contributed by atoms with Gasteiger partial charge in [0.05, 0.1) is 0 Å². The van der Waals surface area contributed by atoms with E-state index >= 15 is 0 Å². The topological polar surface area (TPSA) is 12.9 Å². The predicted octanol–water partition coefficient (Wildman–Crippen LogP) is 2.07. The SMILES string of the molecule is CC(C)c1nc[c-]s1.[Pr].